The highest BCUT2D eigenvalue weighted by atomic mass is 16.5. The van der Waals surface area contributed by atoms with Gasteiger partial charge in [-0.25, -0.2) is 0 Å². The normalized spacial score (nSPS) is 8.73. The monoisotopic (exact) mass is 148 g/mol. The van der Waals surface area contributed by atoms with E-state index in [9.17, 15) is 0 Å². The molecule has 2 nitrogen and oxygen atoms in total. The molecule has 0 heterocycles. The molecule has 0 aliphatic carbocycles. The van der Waals surface area contributed by atoms with Gasteiger partial charge in [0.05, 0.1) is 19.6 Å². The predicted molar refractivity (Wildman–Crippen MR) is 42.3 cm³/mol. The number of nitriles is 1. The number of nitrogens with zero attached hydrogens (tertiary/aromatic N) is 1. The molecular weight excluding hydrogens is 139 g/mol. The van der Waals surface area contributed by atoms with E-state index in [4.69, 9.17) is 10.00 Å². The van der Waals surface area contributed by atoms with Gasteiger partial charge in [0.15, 0.2) is 0 Å². The Balaban J connectivity index is 2.76. The molecule has 1 rings (SSSR count). The van der Waals surface area contributed by atoms with Crippen LogP contribution in [0.4, 0.5) is 0 Å². The topological polar surface area (TPSA) is 33.0 Å². The minimum atomic E-state index is 0.462. The highest BCUT2D eigenvalue weighted by Crippen LogP contribution is 2.10. The first kappa shape index (κ1) is 7.62. The molecule has 1 aromatic rings. The van der Waals surface area contributed by atoms with Crippen LogP contribution in [0, 0.1) is 11.3 Å². The number of methoxy groups -OCH3 is 1. The number of benzene rings is 1. The molecule has 0 unspecified atom stereocenters. The zero-order valence-corrected chi connectivity index (χ0v) is 6.37. The van der Waals surface area contributed by atoms with Gasteiger partial charge in [0, 0.05) is 0 Å². The third kappa shape index (κ3) is 1.98. The molecule has 2 heteroatoms. The van der Waals surface area contributed by atoms with Crippen LogP contribution in [0.25, 0.3) is 0 Å². The molecule has 0 atom stereocenters. The van der Waals surface area contributed by atoms with E-state index in [2.05, 4.69) is 6.07 Å². The van der Waals surface area contributed by atoms with E-state index in [1.807, 2.05) is 24.3 Å². The van der Waals surface area contributed by atoms with Gasteiger partial charge in [-0.1, -0.05) is 12.1 Å². The van der Waals surface area contributed by atoms with E-state index in [0.29, 0.717) is 6.42 Å². The summed E-state index contributed by atoms with van der Waals surface area (Å²) in [6, 6.07) is 9.57. The van der Waals surface area contributed by atoms with Crippen LogP contribution in [0.3, 0.4) is 0 Å². The summed E-state index contributed by atoms with van der Waals surface area (Å²) < 4.78 is 4.96. The molecule has 0 radical (unpaired) electrons. The van der Waals surface area contributed by atoms with E-state index in [1.165, 1.54) is 0 Å². The maximum Gasteiger partial charge on any atom is 0.118 e. The summed E-state index contributed by atoms with van der Waals surface area (Å²) in [6.45, 7) is 0. The summed E-state index contributed by atoms with van der Waals surface area (Å²) >= 11 is 0. The SMILES string of the molecule is COc1ccc(C[13C]#N)cc1. The van der Waals surface area contributed by atoms with Crippen molar-refractivity contribution in [2.75, 3.05) is 7.11 Å². The summed E-state index contributed by atoms with van der Waals surface area (Å²) in [5.41, 5.74) is 1.02. The molecule has 0 aromatic heterocycles. The van der Waals surface area contributed by atoms with Crippen LogP contribution in [-0.2, 0) is 6.42 Å². The van der Waals surface area contributed by atoms with Gasteiger partial charge in [0.1, 0.15) is 5.75 Å². The highest BCUT2D eigenvalue weighted by molar-refractivity contribution is 5.28. The van der Waals surface area contributed by atoms with E-state index in [-0.39, 0.29) is 0 Å². The van der Waals surface area contributed by atoms with Gasteiger partial charge in [-0.2, -0.15) is 5.26 Å². The lowest BCUT2D eigenvalue weighted by Gasteiger charge is -1.98. The lowest BCUT2D eigenvalue weighted by atomic mass is 10.2. The van der Waals surface area contributed by atoms with Crippen molar-refractivity contribution in [3.63, 3.8) is 0 Å². The molecule has 56 valence electrons. The third-order valence-corrected chi connectivity index (χ3v) is 1.44. The molecular formula is C9H9NO. The summed E-state index contributed by atoms with van der Waals surface area (Å²) in [7, 11) is 1.62. The van der Waals surface area contributed by atoms with Crippen molar-refractivity contribution in [3.05, 3.63) is 29.8 Å². The Kier molecular flexibility index (Phi) is 2.51. The maximum atomic E-state index is 8.36. The minimum absolute atomic E-state index is 0.462. The Morgan fingerprint density at radius 3 is 2.45 bits per heavy atom. The van der Waals surface area contributed by atoms with Gasteiger partial charge in [-0.05, 0) is 17.7 Å². The van der Waals surface area contributed by atoms with Gasteiger partial charge < -0.3 is 4.74 Å². The van der Waals surface area contributed by atoms with Crippen molar-refractivity contribution >= 4 is 0 Å². The van der Waals surface area contributed by atoms with E-state index in [1.54, 1.807) is 7.11 Å². The Bertz CT molecular complexity index is 258. The Hall–Kier alpha value is -1.49. The molecule has 0 saturated carbocycles. The standard InChI is InChI=1S/C9H9NO/c1-11-9-4-2-8(3-5-9)6-7-10/h2-5H,6H2,1H3/i7+1. The van der Waals surface area contributed by atoms with E-state index < -0.39 is 0 Å². The van der Waals surface area contributed by atoms with Gasteiger partial charge in [0.25, 0.3) is 0 Å². The minimum Gasteiger partial charge on any atom is -0.497 e. The van der Waals surface area contributed by atoms with Crippen LogP contribution in [0.1, 0.15) is 5.56 Å². The zero-order chi connectivity index (χ0) is 8.10. The van der Waals surface area contributed by atoms with Crippen LogP contribution >= 0.6 is 0 Å². The quantitative estimate of drug-likeness (QED) is 0.599. The second kappa shape index (κ2) is 3.62. The maximum absolute atomic E-state index is 8.36. The molecule has 0 amide bonds. The molecule has 1 aromatic carbocycles. The summed E-state index contributed by atoms with van der Waals surface area (Å²) in [4.78, 5) is 0. The van der Waals surface area contributed by atoms with E-state index >= 15 is 0 Å². The molecule has 0 aliphatic heterocycles. The molecule has 0 spiro atoms. The number of rotatable bonds is 2. The van der Waals surface area contributed by atoms with Crippen molar-refractivity contribution < 1.29 is 4.74 Å². The number of hydrogen-bond acceptors (Lipinski definition) is 2. The van der Waals surface area contributed by atoms with Gasteiger partial charge in [-0.3, -0.25) is 0 Å². The molecule has 0 aliphatic rings. The smallest absolute Gasteiger partial charge is 0.118 e. The summed E-state index contributed by atoms with van der Waals surface area (Å²) in [6.07, 6.45) is 0.462. The zero-order valence-electron chi connectivity index (χ0n) is 6.37. The van der Waals surface area contributed by atoms with Gasteiger partial charge >= 0.3 is 0 Å². The average Bonchev–Trinajstić information content (AvgIpc) is 2.07. The molecule has 0 saturated heterocycles. The molecule has 0 fully saturated rings. The van der Waals surface area contributed by atoms with Crippen LogP contribution < -0.4 is 4.74 Å². The van der Waals surface area contributed by atoms with Crippen LogP contribution in [-0.4, -0.2) is 7.11 Å². The second-order valence-electron chi connectivity index (χ2n) is 2.18. The van der Waals surface area contributed by atoms with Crippen LogP contribution in [0.5, 0.6) is 5.75 Å². The molecule has 11 heavy (non-hydrogen) atoms. The second-order valence-corrected chi connectivity index (χ2v) is 2.18. The fourth-order valence-corrected chi connectivity index (χ4v) is 0.835. The first-order valence-corrected chi connectivity index (χ1v) is 3.36. The van der Waals surface area contributed by atoms with E-state index in [0.717, 1.165) is 11.3 Å². The van der Waals surface area contributed by atoms with Crippen molar-refractivity contribution in [1.82, 2.24) is 0 Å². The highest BCUT2D eigenvalue weighted by Gasteiger charge is 1.91. The first-order valence-electron chi connectivity index (χ1n) is 3.36. The Morgan fingerprint density at radius 2 is 2.00 bits per heavy atom. The summed E-state index contributed by atoms with van der Waals surface area (Å²) in [5.74, 6) is 0.826. The molecule has 0 N–H and O–H groups in total. The van der Waals surface area contributed by atoms with Crippen molar-refractivity contribution in [2.45, 2.75) is 6.42 Å². The Morgan fingerprint density at radius 1 is 1.36 bits per heavy atom. The van der Waals surface area contributed by atoms with Gasteiger partial charge in [-0.15, -0.1) is 0 Å². The largest absolute Gasteiger partial charge is 0.497 e. The average molecular weight is 148 g/mol. The Labute approximate surface area is 66.0 Å². The number of hydrogen-bond donors (Lipinski definition) is 0. The number of ether oxygens (including phenoxy) is 1. The lowest BCUT2D eigenvalue weighted by molar-refractivity contribution is 0.414. The van der Waals surface area contributed by atoms with Crippen LogP contribution in [0.2, 0.25) is 0 Å². The first-order chi connectivity index (χ1) is 5.36. The predicted octanol–water partition coefficient (Wildman–Crippen LogP) is 1.76. The van der Waals surface area contributed by atoms with Crippen molar-refractivity contribution in [2.24, 2.45) is 0 Å². The fourth-order valence-electron chi connectivity index (χ4n) is 0.835. The van der Waals surface area contributed by atoms with Crippen molar-refractivity contribution in [1.29, 1.82) is 5.26 Å². The van der Waals surface area contributed by atoms with Crippen LogP contribution in [0.15, 0.2) is 24.3 Å². The summed E-state index contributed by atoms with van der Waals surface area (Å²) in [5, 5.41) is 8.36. The fraction of sp³-hybridized carbons (Fsp3) is 0.222. The van der Waals surface area contributed by atoms with Crippen molar-refractivity contribution in [3.8, 4) is 11.8 Å². The third-order valence-electron chi connectivity index (χ3n) is 1.44. The van der Waals surface area contributed by atoms with Gasteiger partial charge in [0.2, 0.25) is 0 Å². The molecule has 0 bridgehead atoms. The lowest BCUT2D eigenvalue weighted by Crippen LogP contribution is -1.84.